The van der Waals surface area contributed by atoms with E-state index in [1.165, 1.54) is 0 Å². The standard InChI is InChI=1S/C30H40N2O5S/c1-6-8-17-37-29(36)23-22-18-21(5)30(38-22)24(23)27(34)32(15-9-10-16-33)26(30)28(35)31(14-7-2)25-19(3)12-11-13-20(25)4/h6-7,11-13,21-24,26,33H,1-2,8-10,14-18H2,3-5H3/t21?,22-,23+,24-,26?,30?/m0/s1. The summed E-state index contributed by atoms with van der Waals surface area (Å²) in [4.78, 5) is 45.6. The van der Waals surface area contributed by atoms with Crippen LogP contribution in [0.1, 0.15) is 43.7 Å². The van der Waals surface area contributed by atoms with Gasteiger partial charge in [0.1, 0.15) is 6.04 Å². The molecule has 6 atom stereocenters. The minimum Gasteiger partial charge on any atom is -0.465 e. The Morgan fingerprint density at radius 2 is 1.95 bits per heavy atom. The minimum absolute atomic E-state index is 0.0195. The largest absolute Gasteiger partial charge is 0.465 e. The molecule has 1 aromatic rings. The monoisotopic (exact) mass is 540 g/mol. The number of amides is 2. The fraction of sp³-hybridized carbons (Fsp3) is 0.567. The first kappa shape index (κ1) is 28.4. The number of aliphatic hydroxyl groups excluding tert-OH is 1. The Hall–Kier alpha value is -2.58. The van der Waals surface area contributed by atoms with Gasteiger partial charge in [0.05, 0.1) is 23.2 Å². The molecule has 3 aliphatic rings. The van der Waals surface area contributed by atoms with Crippen molar-refractivity contribution in [3.05, 3.63) is 54.6 Å². The number of aliphatic hydroxyl groups is 1. The fourth-order valence-electron chi connectivity index (χ4n) is 6.84. The Bertz CT molecular complexity index is 1090. The van der Waals surface area contributed by atoms with E-state index in [0.717, 1.165) is 23.2 Å². The zero-order valence-corrected chi connectivity index (χ0v) is 23.5. The lowest BCUT2D eigenvalue weighted by atomic mass is 9.66. The van der Waals surface area contributed by atoms with Gasteiger partial charge in [0.2, 0.25) is 5.91 Å². The van der Waals surface area contributed by atoms with Crippen LogP contribution in [0.4, 0.5) is 5.69 Å². The van der Waals surface area contributed by atoms with Gasteiger partial charge >= 0.3 is 5.97 Å². The van der Waals surface area contributed by atoms with Crippen LogP contribution in [0.15, 0.2) is 43.5 Å². The highest BCUT2D eigenvalue weighted by Crippen LogP contribution is 2.68. The van der Waals surface area contributed by atoms with Gasteiger partial charge in [-0.25, -0.2) is 0 Å². The third kappa shape index (κ3) is 4.60. The number of para-hydroxylation sites is 1. The first-order chi connectivity index (χ1) is 18.2. The number of nitrogens with zero attached hydrogens (tertiary/aromatic N) is 2. The molecule has 1 spiro atoms. The number of hydrogen-bond donors (Lipinski definition) is 1. The number of aryl methyl sites for hydroxylation is 2. The summed E-state index contributed by atoms with van der Waals surface area (Å²) in [6, 6.07) is 5.23. The molecular weight excluding hydrogens is 500 g/mol. The van der Waals surface area contributed by atoms with Crippen LogP contribution in [0.3, 0.4) is 0 Å². The van der Waals surface area contributed by atoms with E-state index in [2.05, 4.69) is 20.1 Å². The molecule has 0 aromatic heterocycles. The van der Waals surface area contributed by atoms with Gasteiger partial charge in [-0.2, -0.15) is 0 Å². The van der Waals surface area contributed by atoms with E-state index in [9.17, 15) is 19.5 Å². The summed E-state index contributed by atoms with van der Waals surface area (Å²) in [5, 5.41) is 9.35. The molecule has 0 radical (unpaired) electrons. The SMILES string of the molecule is C=CCCOC(=O)[C@@H]1[C@@H]2CC(C)C3(S2)C(C(=O)N(CC=C)c2c(C)cccc2C)N(CCCCO)C(=O)[C@H]13. The van der Waals surface area contributed by atoms with Crippen LogP contribution in [0.25, 0.3) is 0 Å². The van der Waals surface area contributed by atoms with Gasteiger partial charge in [-0.15, -0.1) is 24.9 Å². The average molecular weight is 541 g/mol. The lowest BCUT2D eigenvalue weighted by molar-refractivity contribution is -0.154. The van der Waals surface area contributed by atoms with Crippen molar-refractivity contribution in [2.75, 3.05) is 31.2 Å². The number of carbonyl (C=O) groups is 3. The Morgan fingerprint density at radius 3 is 2.58 bits per heavy atom. The molecule has 1 N–H and O–H groups in total. The van der Waals surface area contributed by atoms with Crippen LogP contribution in [0.2, 0.25) is 0 Å². The van der Waals surface area contributed by atoms with E-state index in [1.54, 1.807) is 33.7 Å². The predicted octanol–water partition coefficient (Wildman–Crippen LogP) is 4.05. The Balaban J connectivity index is 1.78. The maximum absolute atomic E-state index is 14.7. The zero-order chi connectivity index (χ0) is 27.6. The molecular formula is C30H40N2O5S. The molecule has 2 amide bonds. The molecule has 3 fully saturated rings. The predicted molar refractivity (Wildman–Crippen MR) is 151 cm³/mol. The average Bonchev–Trinajstić information content (AvgIpc) is 3.47. The Morgan fingerprint density at radius 1 is 1.24 bits per heavy atom. The van der Waals surface area contributed by atoms with Gasteiger partial charge in [0, 0.05) is 30.6 Å². The van der Waals surface area contributed by atoms with Crippen LogP contribution >= 0.6 is 11.8 Å². The molecule has 3 unspecified atom stereocenters. The first-order valence-corrected chi connectivity index (χ1v) is 14.5. The summed E-state index contributed by atoms with van der Waals surface area (Å²) in [6.07, 6.45) is 5.84. The molecule has 8 heteroatoms. The summed E-state index contributed by atoms with van der Waals surface area (Å²) in [5.41, 5.74) is 2.79. The van der Waals surface area contributed by atoms with E-state index in [1.807, 2.05) is 32.0 Å². The molecule has 7 nitrogen and oxygen atoms in total. The number of esters is 1. The molecule has 206 valence electrons. The van der Waals surface area contributed by atoms with Crippen molar-refractivity contribution in [1.29, 1.82) is 0 Å². The van der Waals surface area contributed by atoms with Crippen LogP contribution in [-0.4, -0.2) is 70.1 Å². The number of benzene rings is 1. The van der Waals surface area contributed by atoms with Crippen LogP contribution in [-0.2, 0) is 19.1 Å². The first-order valence-electron chi connectivity index (χ1n) is 13.6. The second kappa shape index (κ2) is 11.7. The van der Waals surface area contributed by atoms with E-state index in [0.29, 0.717) is 32.4 Å². The van der Waals surface area contributed by atoms with Crippen molar-refractivity contribution in [2.24, 2.45) is 17.8 Å². The number of thioether (sulfide) groups is 1. The number of likely N-dealkylation sites (tertiary alicyclic amines) is 1. The van der Waals surface area contributed by atoms with Gasteiger partial charge in [-0.3, -0.25) is 14.4 Å². The van der Waals surface area contributed by atoms with Gasteiger partial charge in [0.15, 0.2) is 0 Å². The second-order valence-electron chi connectivity index (χ2n) is 10.7. The number of ether oxygens (including phenoxy) is 1. The topological polar surface area (TPSA) is 87.2 Å². The Kier molecular flexibility index (Phi) is 8.72. The quantitative estimate of drug-likeness (QED) is 0.245. The summed E-state index contributed by atoms with van der Waals surface area (Å²) >= 11 is 1.65. The molecule has 3 heterocycles. The highest BCUT2D eigenvalue weighted by Gasteiger charge is 2.76. The minimum atomic E-state index is -0.714. The maximum Gasteiger partial charge on any atom is 0.310 e. The van der Waals surface area contributed by atoms with E-state index >= 15 is 0 Å². The smallest absolute Gasteiger partial charge is 0.310 e. The lowest BCUT2D eigenvalue weighted by Gasteiger charge is -2.41. The molecule has 3 saturated heterocycles. The molecule has 3 aliphatic heterocycles. The number of fused-ring (bicyclic) bond motifs is 1. The van der Waals surface area contributed by atoms with E-state index < -0.39 is 22.6 Å². The van der Waals surface area contributed by atoms with Crippen LogP contribution in [0.5, 0.6) is 0 Å². The number of hydrogen-bond acceptors (Lipinski definition) is 6. The highest BCUT2D eigenvalue weighted by molar-refractivity contribution is 8.02. The van der Waals surface area contributed by atoms with Crippen molar-refractivity contribution in [1.82, 2.24) is 4.90 Å². The lowest BCUT2D eigenvalue weighted by Crippen LogP contribution is -2.57. The van der Waals surface area contributed by atoms with Crippen molar-refractivity contribution in [2.45, 2.75) is 62.5 Å². The number of anilines is 1. The Labute approximate surface area is 230 Å². The molecule has 38 heavy (non-hydrogen) atoms. The van der Waals surface area contributed by atoms with E-state index in [4.69, 9.17) is 4.74 Å². The van der Waals surface area contributed by atoms with Gasteiger partial charge in [0.25, 0.3) is 5.91 Å². The molecule has 2 bridgehead atoms. The van der Waals surface area contributed by atoms with E-state index in [-0.39, 0.29) is 42.2 Å². The zero-order valence-electron chi connectivity index (χ0n) is 22.7. The number of rotatable bonds is 12. The van der Waals surface area contributed by atoms with Gasteiger partial charge in [-0.05, 0) is 56.6 Å². The molecule has 0 saturated carbocycles. The number of unbranched alkanes of at least 4 members (excludes halogenated alkanes) is 1. The van der Waals surface area contributed by atoms with Crippen molar-refractivity contribution >= 4 is 35.2 Å². The third-order valence-electron chi connectivity index (χ3n) is 8.41. The third-order valence-corrected chi connectivity index (χ3v) is 10.5. The van der Waals surface area contributed by atoms with Crippen molar-refractivity contribution in [3.63, 3.8) is 0 Å². The molecule has 4 rings (SSSR count). The summed E-state index contributed by atoms with van der Waals surface area (Å²) in [6.45, 7) is 14.6. The second-order valence-corrected chi connectivity index (χ2v) is 12.3. The van der Waals surface area contributed by atoms with Crippen molar-refractivity contribution in [3.8, 4) is 0 Å². The fourth-order valence-corrected chi connectivity index (χ4v) is 9.24. The van der Waals surface area contributed by atoms with Crippen LogP contribution in [0, 0.1) is 31.6 Å². The van der Waals surface area contributed by atoms with Crippen LogP contribution < -0.4 is 4.90 Å². The van der Waals surface area contributed by atoms with Gasteiger partial charge in [-0.1, -0.05) is 37.3 Å². The normalized spacial score (nSPS) is 29.3. The summed E-state index contributed by atoms with van der Waals surface area (Å²) < 4.78 is 4.88. The van der Waals surface area contributed by atoms with Gasteiger partial charge < -0.3 is 19.6 Å². The molecule has 0 aliphatic carbocycles. The van der Waals surface area contributed by atoms with Crippen molar-refractivity contribution < 1.29 is 24.2 Å². The number of carbonyl (C=O) groups excluding carboxylic acids is 3. The maximum atomic E-state index is 14.7. The molecule has 1 aromatic carbocycles. The summed E-state index contributed by atoms with van der Waals surface area (Å²) in [5.74, 6) is -1.73. The highest BCUT2D eigenvalue weighted by atomic mass is 32.2. The summed E-state index contributed by atoms with van der Waals surface area (Å²) in [7, 11) is 0.